The number of amides is 1. The first-order chi connectivity index (χ1) is 21.8. The van der Waals surface area contributed by atoms with Crippen LogP contribution in [0.1, 0.15) is 58.2 Å². The van der Waals surface area contributed by atoms with Crippen molar-refractivity contribution < 1.29 is 13.2 Å². The lowest BCUT2D eigenvalue weighted by Crippen LogP contribution is -2.38. The number of carbonyl (C=O) groups excluding carboxylic acids is 1. The first-order valence-corrected chi connectivity index (χ1v) is 17.0. The van der Waals surface area contributed by atoms with Crippen LogP contribution in [0.4, 0.5) is 5.69 Å². The fourth-order valence-corrected chi connectivity index (χ4v) is 8.42. The van der Waals surface area contributed by atoms with Crippen molar-refractivity contribution in [2.24, 2.45) is 0 Å². The molecule has 0 bridgehead atoms. The van der Waals surface area contributed by atoms with E-state index in [2.05, 4.69) is 17.4 Å². The Morgan fingerprint density at radius 1 is 0.889 bits per heavy atom. The van der Waals surface area contributed by atoms with Crippen molar-refractivity contribution >= 4 is 32.5 Å². The summed E-state index contributed by atoms with van der Waals surface area (Å²) in [5.41, 5.74) is 7.41. The number of hydrogen-bond acceptors (Lipinski definition) is 5. The van der Waals surface area contributed by atoms with Crippen LogP contribution >= 0.6 is 0 Å². The predicted octanol–water partition coefficient (Wildman–Crippen LogP) is 6.27. The zero-order valence-electron chi connectivity index (χ0n) is 25.5. The molecule has 0 spiro atoms. The Morgan fingerprint density at radius 3 is 2.51 bits per heavy atom. The molecule has 0 saturated heterocycles. The topological polar surface area (TPSA) is 82.6 Å². The van der Waals surface area contributed by atoms with Gasteiger partial charge in [-0.15, -0.1) is 0 Å². The van der Waals surface area contributed by atoms with Gasteiger partial charge in [-0.25, -0.2) is 8.42 Å². The highest BCUT2D eigenvalue weighted by Gasteiger charge is 2.35. The number of aromatic nitrogens is 1. The van der Waals surface area contributed by atoms with Crippen LogP contribution in [0.5, 0.6) is 0 Å². The molecular weight excluding hydrogens is 580 g/mol. The van der Waals surface area contributed by atoms with Gasteiger partial charge in [-0.1, -0.05) is 66.7 Å². The zero-order chi connectivity index (χ0) is 31.1. The second-order valence-corrected chi connectivity index (χ2v) is 13.9. The van der Waals surface area contributed by atoms with Gasteiger partial charge in [0.05, 0.1) is 22.1 Å². The minimum absolute atomic E-state index is 0.0296. The summed E-state index contributed by atoms with van der Waals surface area (Å²) in [6.45, 7) is 5.69. The van der Waals surface area contributed by atoms with Crippen molar-refractivity contribution in [3.05, 3.63) is 137 Å². The molecule has 2 aliphatic heterocycles. The summed E-state index contributed by atoms with van der Waals surface area (Å²) in [5, 5.41) is 4.75. The molecule has 1 N–H and O–H groups in total. The first kappa shape index (κ1) is 29.2. The molecule has 0 fully saturated rings. The van der Waals surface area contributed by atoms with Gasteiger partial charge < -0.3 is 10.2 Å². The van der Waals surface area contributed by atoms with Crippen molar-refractivity contribution in [3.8, 4) is 0 Å². The largest absolute Gasteiger partial charge is 0.334 e. The van der Waals surface area contributed by atoms with E-state index in [-0.39, 0.29) is 22.9 Å². The lowest BCUT2D eigenvalue weighted by molar-refractivity contribution is 0.0778. The Hall–Kier alpha value is -4.53. The number of nitrogens with zero attached hydrogens (tertiary/aromatic N) is 3. The number of benzene rings is 4. The minimum atomic E-state index is -3.78. The Bertz CT molecular complexity index is 2010. The molecule has 7 nitrogen and oxygen atoms in total. The smallest absolute Gasteiger partial charge is 0.264 e. The Kier molecular flexibility index (Phi) is 7.63. The maximum Gasteiger partial charge on any atom is 0.264 e. The monoisotopic (exact) mass is 616 g/mol. The van der Waals surface area contributed by atoms with E-state index >= 15 is 0 Å². The van der Waals surface area contributed by atoms with Crippen LogP contribution in [0.2, 0.25) is 0 Å². The van der Waals surface area contributed by atoms with Crippen LogP contribution in [0, 0.1) is 0 Å². The summed E-state index contributed by atoms with van der Waals surface area (Å²) in [6.07, 6.45) is 1.50. The second-order valence-electron chi connectivity index (χ2n) is 12.1. The third-order valence-corrected chi connectivity index (χ3v) is 10.9. The SMILES string of the molecule is CC(C)N(c1ccc2c(c1)C(c1cccc3c1C(=O)N(CCc1ccc4ccccc4n1)C3)NCC2)S(=O)(=O)c1ccccc1. The number of rotatable bonds is 8. The highest BCUT2D eigenvalue weighted by atomic mass is 32.2. The van der Waals surface area contributed by atoms with Crippen LogP contribution in [0.3, 0.4) is 0 Å². The predicted molar refractivity (Wildman–Crippen MR) is 178 cm³/mol. The number of sulfonamides is 1. The van der Waals surface area contributed by atoms with Crippen LogP contribution in [-0.4, -0.2) is 43.3 Å². The van der Waals surface area contributed by atoms with Crippen molar-refractivity contribution in [3.63, 3.8) is 0 Å². The molecule has 0 saturated carbocycles. The van der Waals surface area contributed by atoms with E-state index in [1.165, 1.54) is 4.31 Å². The lowest BCUT2D eigenvalue weighted by Gasteiger charge is -2.32. The standard InChI is InChI=1S/C37H36N4O3S/c1-25(2)41(45(43,44)31-11-4-3-5-12-31)30-18-16-26-19-21-38-36(33(26)23-30)32-13-8-10-28-24-40(37(42)35(28)32)22-20-29-17-15-27-9-6-7-14-34(27)39-29/h3-18,23,25,36,38H,19-22,24H2,1-2H3. The number of anilines is 1. The van der Waals surface area contributed by atoms with E-state index in [1.807, 2.05) is 85.5 Å². The second kappa shape index (κ2) is 11.8. The summed E-state index contributed by atoms with van der Waals surface area (Å²) >= 11 is 0. The fourth-order valence-electron chi connectivity index (χ4n) is 6.74. The summed E-state index contributed by atoms with van der Waals surface area (Å²) in [4.78, 5) is 20.9. The molecule has 8 heteroatoms. The third kappa shape index (κ3) is 5.38. The van der Waals surface area contributed by atoms with Gasteiger partial charge in [-0.2, -0.15) is 0 Å². The average Bonchev–Trinajstić information content (AvgIpc) is 3.38. The molecule has 1 amide bonds. The van der Waals surface area contributed by atoms with Crippen molar-refractivity contribution in [2.75, 3.05) is 17.4 Å². The van der Waals surface area contributed by atoms with Gasteiger partial charge in [0.2, 0.25) is 0 Å². The average molecular weight is 617 g/mol. The van der Waals surface area contributed by atoms with Gasteiger partial charge in [0.25, 0.3) is 15.9 Å². The molecule has 1 atom stereocenters. The maximum absolute atomic E-state index is 13.9. The maximum atomic E-state index is 13.9. The fraction of sp³-hybridized carbons (Fsp3) is 0.243. The van der Waals surface area contributed by atoms with Crippen LogP contribution in [0.25, 0.3) is 10.9 Å². The number of para-hydroxylation sites is 1. The number of fused-ring (bicyclic) bond motifs is 3. The zero-order valence-corrected chi connectivity index (χ0v) is 26.3. The molecule has 1 aromatic heterocycles. The van der Waals surface area contributed by atoms with Crippen LogP contribution in [0.15, 0.2) is 108 Å². The Labute approximate surface area is 264 Å². The van der Waals surface area contributed by atoms with E-state index < -0.39 is 10.0 Å². The van der Waals surface area contributed by atoms with Gasteiger partial charge in [0.1, 0.15) is 0 Å². The van der Waals surface area contributed by atoms with Crippen molar-refractivity contribution in [1.82, 2.24) is 15.2 Å². The summed E-state index contributed by atoms with van der Waals surface area (Å²) < 4.78 is 29.1. The number of hydrogen-bond donors (Lipinski definition) is 1. The summed E-state index contributed by atoms with van der Waals surface area (Å²) in [6, 6.07) is 32.3. The van der Waals surface area contributed by atoms with E-state index in [0.717, 1.165) is 57.4 Å². The molecule has 5 aromatic rings. The number of nitrogens with one attached hydrogen (secondary N) is 1. The number of carbonyl (C=O) groups is 1. The van der Waals surface area contributed by atoms with E-state index in [9.17, 15) is 13.2 Å². The van der Waals surface area contributed by atoms with E-state index in [1.54, 1.807) is 24.3 Å². The van der Waals surface area contributed by atoms with Gasteiger partial charge >= 0.3 is 0 Å². The Balaban J connectivity index is 1.19. The molecule has 3 heterocycles. The van der Waals surface area contributed by atoms with Crippen molar-refractivity contribution in [2.45, 2.75) is 50.2 Å². The molecule has 45 heavy (non-hydrogen) atoms. The summed E-state index contributed by atoms with van der Waals surface area (Å²) in [5.74, 6) is 0.0296. The van der Waals surface area contributed by atoms with Gasteiger partial charge in [-0.3, -0.25) is 14.1 Å². The first-order valence-electron chi connectivity index (χ1n) is 15.5. The normalized spacial score (nSPS) is 16.2. The van der Waals surface area contributed by atoms with Crippen molar-refractivity contribution in [1.29, 1.82) is 0 Å². The molecule has 7 rings (SSSR count). The third-order valence-electron chi connectivity index (χ3n) is 8.86. The van der Waals surface area contributed by atoms with E-state index in [0.29, 0.717) is 25.2 Å². The molecule has 4 aromatic carbocycles. The highest BCUT2D eigenvalue weighted by molar-refractivity contribution is 7.92. The van der Waals surface area contributed by atoms with Gasteiger partial charge in [-0.05, 0) is 78.9 Å². The molecule has 0 aliphatic carbocycles. The molecule has 0 radical (unpaired) electrons. The quantitative estimate of drug-likeness (QED) is 0.222. The van der Waals surface area contributed by atoms with Gasteiger partial charge in [0, 0.05) is 48.7 Å². The van der Waals surface area contributed by atoms with Crippen LogP contribution in [-0.2, 0) is 29.4 Å². The molecular formula is C37H36N4O3S. The minimum Gasteiger partial charge on any atom is -0.334 e. The lowest BCUT2D eigenvalue weighted by atomic mass is 9.86. The highest BCUT2D eigenvalue weighted by Crippen LogP contribution is 2.38. The molecule has 2 aliphatic rings. The van der Waals surface area contributed by atoms with E-state index in [4.69, 9.17) is 4.98 Å². The Morgan fingerprint density at radius 2 is 1.69 bits per heavy atom. The summed E-state index contributed by atoms with van der Waals surface area (Å²) in [7, 11) is -3.78. The number of pyridine rings is 1. The van der Waals surface area contributed by atoms with Crippen LogP contribution < -0.4 is 9.62 Å². The van der Waals surface area contributed by atoms with Gasteiger partial charge in [0.15, 0.2) is 0 Å². The molecule has 228 valence electrons. The molecule has 1 unspecified atom stereocenters.